The molecule has 2 N–H and O–H groups in total. The minimum atomic E-state index is 0.473. The van der Waals surface area contributed by atoms with Crippen LogP contribution in [0, 0.1) is 6.92 Å². The Labute approximate surface area is 84.7 Å². The van der Waals surface area contributed by atoms with Gasteiger partial charge in [0.1, 0.15) is 10.8 Å². The SMILES string of the molecule is Cc1nnc(Sc2cccc(N)n2)o1. The zero-order valence-corrected chi connectivity index (χ0v) is 8.28. The van der Waals surface area contributed by atoms with Crippen LogP contribution in [0.5, 0.6) is 0 Å². The maximum atomic E-state index is 5.53. The number of nitrogens with two attached hydrogens (primary N) is 1. The Morgan fingerprint density at radius 2 is 2.21 bits per heavy atom. The van der Waals surface area contributed by atoms with Crippen LogP contribution in [0.1, 0.15) is 5.89 Å². The highest BCUT2D eigenvalue weighted by molar-refractivity contribution is 7.99. The van der Waals surface area contributed by atoms with Crippen molar-refractivity contribution < 1.29 is 4.42 Å². The molecule has 0 unspecified atom stereocenters. The summed E-state index contributed by atoms with van der Waals surface area (Å²) in [4.78, 5) is 4.09. The summed E-state index contributed by atoms with van der Waals surface area (Å²) in [5, 5.41) is 8.76. The van der Waals surface area contributed by atoms with Crippen LogP contribution in [0.4, 0.5) is 5.82 Å². The van der Waals surface area contributed by atoms with Crippen LogP contribution >= 0.6 is 11.8 Å². The number of nitrogen functional groups attached to an aromatic ring is 1. The first kappa shape index (κ1) is 9.01. The highest BCUT2D eigenvalue weighted by Crippen LogP contribution is 2.24. The lowest BCUT2D eigenvalue weighted by Gasteiger charge is -1.95. The van der Waals surface area contributed by atoms with E-state index in [0.29, 0.717) is 16.9 Å². The molecule has 0 saturated carbocycles. The molecule has 0 amide bonds. The second-order valence-electron chi connectivity index (χ2n) is 2.59. The summed E-state index contributed by atoms with van der Waals surface area (Å²) >= 11 is 1.29. The third-order valence-corrected chi connectivity index (χ3v) is 2.22. The van der Waals surface area contributed by atoms with Crippen LogP contribution in [0.2, 0.25) is 0 Å². The first-order chi connectivity index (χ1) is 6.74. The molecule has 0 atom stereocenters. The van der Waals surface area contributed by atoms with E-state index >= 15 is 0 Å². The zero-order chi connectivity index (χ0) is 9.97. The lowest BCUT2D eigenvalue weighted by molar-refractivity contribution is 0.429. The number of aromatic nitrogens is 3. The number of aryl methyl sites for hydroxylation is 1. The van der Waals surface area contributed by atoms with E-state index in [2.05, 4.69) is 15.2 Å². The molecule has 2 aromatic rings. The van der Waals surface area contributed by atoms with E-state index in [1.807, 2.05) is 12.1 Å². The quantitative estimate of drug-likeness (QED) is 0.805. The van der Waals surface area contributed by atoms with Crippen LogP contribution in [0.25, 0.3) is 0 Å². The van der Waals surface area contributed by atoms with Gasteiger partial charge in [0.15, 0.2) is 0 Å². The number of rotatable bonds is 2. The van der Waals surface area contributed by atoms with Crippen molar-refractivity contribution in [2.75, 3.05) is 5.73 Å². The standard InChI is InChI=1S/C8H8N4OS/c1-5-11-12-8(13-5)14-7-4-2-3-6(9)10-7/h2-4H,1H3,(H2,9,10). The molecule has 2 rings (SSSR count). The summed E-state index contributed by atoms with van der Waals surface area (Å²) in [5.74, 6) is 1.02. The minimum absolute atomic E-state index is 0.473. The van der Waals surface area contributed by atoms with Crippen LogP contribution in [0.3, 0.4) is 0 Å². The molecule has 0 saturated heterocycles. The van der Waals surface area contributed by atoms with Gasteiger partial charge >= 0.3 is 0 Å². The normalized spacial score (nSPS) is 10.4. The third kappa shape index (κ3) is 2.02. The molecule has 0 radical (unpaired) electrons. The van der Waals surface area contributed by atoms with E-state index in [1.165, 1.54) is 11.8 Å². The van der Waals surface area contributed by atoms with Crippen molar-refractivity contribution in [3.8, 4) is 0 Å². The summed E-state index contributed by atoms with van der Waals surface area (Å²) in [7, 11) is 0. The second-order valence-corrected chi connectivity index (χ2v) is 3.56. The average molecular weight is 208 g/mol. The lowest BCUT2D eigenvalue weighted by Crippen LogP contribution is -1.89. The van der Waals surface area contributed by atoms with Gasteiger partial charge in [-0.1, -0.05) is 6.07 Å². The van der Waals surface area contributed by atoms with Gasteiger partial charge in [0.25, 0.3) is 5.22 Å². The number of anilines is 1. The topological polar surface area (TPSA) is 77.8 Å². The van der Waals surface area contributed by atoms with Crippen molar-refractivity contribution in [2.45, 2.75) is 17.2 Å². The molecule has 6 heteroatoms. The zero-order valence-electron chi connectivity index (χ0n) is 7.47. The molecule has 0 aliphatic rings. The van der Waals surface area contributed by atoms with E-state index in [-0.39, 0.29) is 0 Å². The molecular weight excluding hydrogens is 200 g/mol. The summed E-state index contributed by atoms with van der Waals surface area (Å²) < 4.78 is 5.19. The van der Waals surface area contributed by atoms with Crippen LogP contribution in [0.15, 0.2) is 32.9 Å². The van der Waals surface area contributed by atoms with Crippen molar-refractivity contribution in [1.29, 1.82) is 0 Å². The van der Waals surface area contributed by atoms with E-state index in [0.717, 1.165) is 5.03 Å². The summed E-state index contributed by atoms with van der Waals surface area (Å²) in [5.41, 5.74) is 5.53. The summed E-state index contributed by atoms with van der Waals surface area (Å²) in [6.07, 6.45) is 0. The van der Waals surface area contributed by atoms with E-state index in [9.17, 15) is 0 Å². The van der Waals surface area contributed by atoms with Crippen LogP contribution in [-0.4, -0.2) is 15.2 Å². The largest absolute Gasteiger partial charge is 0.416 e. The Morgan fingerprint density at radius 3 is 2.86 bits per heavy atom. The minimum Gasteiger partial charge on any atom is -0.416 e. The maximum absolute atomic E-state index is 5.53. The van der Waals surface area contributed by atoms with Gasteiger partial charge in [0, 0.05) is 6.92 Å². The third-order valence-electron chi connectivity index (χ3n) is 1.44. The number of nitrogens with zero attached hydrogens (tertiary/aromatic N) is 3. The Balaban J connectivity index is 2.18. The van der Waals surface area contributed by atoms with Gasteiger partial charge in [-0.05, 0) is 23.9 Å². The van der Waals surface area contributed by atoms with Crippen molar-refractivity contribution in [3.63, 3.8) is 0 Å². The van der Waals surface area contributed by atoms with Gasteiger partial charge in [-0.25, -0.2) is 4.98 Å². The van der Waals surface area contributed by atoms with Crippen molar-refractivity contribution in [1.82, 2.24) is 15.2 Å². The molecule has 0 aliphatic heterocycles. The van der Waals surface area contributed by atoms with E-state index < -0.39 is 0 Å². The molecule has 2 aromatic heterocycles. The fourth-order valence-electron chi connectivity index (χ4n) is 0.897. The number of pyridine rings is 1. The Morgan fingerprint density at radius 1 is 1.36 bits per heavy atom. The van der Waals surface area contributed by atoms with Gasteiger partial charge in [0.05, 0.1) is 0 Å². The average Bonchev–Trinajstić information content (AvgIpc) is 2.51. The predicted molar refractivity (Wildman–Crippen MR) is 51.8 cm³/mol. The monoisotopic (exact) mass is 208 g/mol. The number of hydrogen-bond donors (Lipinski definition) is 1. The molecule has 0 aromatic carbocycles. The summed E-state index contributed by atoms with van der Waals surface area (Å²) in [6, 6.07) is 5.39. The molecule has 0 bridgehead atoms. The Bertz CT molecular complexity index is 442. The molecule has 0 fully saturated rings. The fourth-order valence-corrected chi connectivity index (χ4v) is 1.62. The number of hydrogen-bond acceptors (Lipinski definition) is 6. The molecule has 2 heterocycles. The molecule has 72 valence electrons. The van der Waals surface area contributed by atoms with Crippen LogP contribution in [-0.2, 0) is 0 Å². The van der Waals surface area contributed by atoms with E-state index in [4.69, 9.17) is 10.2 Å². The highest BCUT2D eigenvalue weighted by Gasteiger charge is 2.05. The summed E-state index contributed by atoms with van der Waals surface area (Å²) in [6.45, 7) is 1.74. The first-order valence-electron chi connectivity index (χ1n) is 3.94. The van der Waals surface area contributed by atoms with Gasteiger partial charge < -0.3 is 10.2 Å². The lowest BCUT2D eigenvalue weighted by atomic mass is 10.5. The first-order valence-corrected chi connectivity index (χ1v) is 4.76. The van der Waals surface area contributed by atoms with Crippen LogP contribution < -0.4 is 5.73 Å². The van der Waals surface area contributed by atoms with Gasteiger partial charge in [-0.2, -0.15) is 0 Å². The smallest absolute Gasteiger partial charge is 0.282 e. The van der Waals surface area contributed by atoms with Gasteiger partial charge in [0.2, 0.25) is 5.89 Å². The predicted octanol–water partition coefficient (Wildman–Crippen LogP) is 1.51. The second kappa shape index (κ2) is 3.67. The Hall–Kier alpha value is -1.56. The Kier molecular flexibility index (Phi) is 2.36. The molecule has 14 heavy (non-hydrogen) atoms. The van der Waals surface area contributed by atoms with Crippen molar-refractivity contribution >= 4 is 17.6 Å². The molecule has 0 aliphatic carbocycles. The molecule has 0 spiro atoms. The van der Waals surface area contributed by atoms with Crippen molar-refractivity contribution in [2.24, 2.45) is 0 Å². The molecular formula is C8H8N4OS. The van der Waals surface area contributed by atoms with E-state index in [1.54, 1.807) is 13.0 Å². The fraction of sp³-hybridized carbons (Fsp3) is 0.125. The maximum Gasteiger partial charge on any atom is 0.282 e. The van der Waals surface area contributed by atoms with Crippen molar-refractivity contribution in [3.05, 3.63) is 24.1 Å². The van der Waals surface area contributed by atoms with Gasteiger partial charge in [-0.15, -0.1) is 10.2 Å². The van der Waals surface area contributed by atoms with Gasteiger partial charge in [-0.3, -0.25) is 0 Å². The highest BCUT2D eigenvalue weighted by atomic mass is 32.2. The molecule has 5 nitrogen and oxygen atoms in total.